The van der Waals surface area contributed by atoms with Crippen LogP contribution in [0.3, 0.4) is 0 Å². The fraction of sp³-hybridized carbons (Fsp3) is 0.318. The number of rotatable bonds is 2. The van der Waals surface area contributed by atoms with E-state index in [-0.39, 0.29) is 5.92 Å². The van der Waals surface area contributed by atoms with E-state index in [1.54, 1.807) is 0 Å². The van der Waals surface area contributed by atoms with Gasteiger partial charge >= 0.3 is 0 Å². The Balaban J connectivity index is 1.51. The van der Waals surface area contributed by atoms with Crippen LogP contribution in [-0.2, 0) is 6.42 Å². The molecule has 0 amide bonds. The summed E-state index contributed by atoms with van der Waals surface area (Å²) in [6, 6.07) is 16.3. The van der Waals surface area contributed by atoms with Gasteiger partial charge in [0.25, 0.3) is 0 Å². The Kier molecular flexibility index (Phi) is 4.28. The van der Waals surface area contributed by atoms with Gasteiger partial charge in [-0.15, -0.1) is 0 Å². The minimum Gasteiger partial charge on any atom is -0.293 e. The van der Waals surface area contributed by atoms with Crippen molar-refractivity contribution in [1.82, 2.24) is 0 Å². The van der Waals surface area contributed by atoms with E-state index in [0.717, 1.165) is 42.7 Å². The van der Waals surface area contributed by atoms with E-state index in [4.69, 9.17) is 11.6 Å². The van der Waals surface area contributed by atoms with Crippen molar-refractivity contribution in [2.75, 3.05) is 0 Å². The molecule has 4 rings (SSSR count). The van der Waals surface area contributed by atoms with Crippen LogP contribution < -0.4 is 0 Å². The van der Waals surface area contributed by atoms with E-state index in [9.17, 15) is 4.79 Å². The number of Topliss-reactive ketones (excluding diaryl/α,β-unsaturated/α-hetero) is 1. The Bertz CT molecular complexity index is 788. The third-order valence-corrected chi connectivity index (χ3v) is 5.79. The zero-order valence-electron chi connectivity index (χ0n) is 13.7. The lowest BCUT2D eigenvalue weighted by Gasteiger charge is -2.30. The van der Waals surface area contributed by atoms with Crippen LogP contribution in [0.5, 0.6) is 0 Å². The van der Waals surface area contributed by atoms with E-state index in [1.807, 2.05) is 30.3 Å². The van der Waals surface area contributed by atoms with Gasteiger partial charge in [0, 0.05) is 16.5 Å². The molecule has 0 unspecified atom stereocenters. The summed E-state index contributed by atoms with van der Waals surface area (Å²) < 4.78 is 0. The van der Waals surface area contributed by atoms with Crippen molar-refractivity contribution >= 4 is 17.4 Å². The molecule has 1 nitrogen and oxygen atoms in total. The highest BCUT2D eigenvalue weighted by Crippen LogP contribution is 2.39. The predicted molar refractivity (Wildman–Crippen MR) is 98.7 cm³/mol. The maximum Gasteiger partial charge on any atom is 0.170 e. The molecule has 2 aromatic carbocycles. The van der Waals surface area contributed by atoms with Crippen molar-refractivity contribution in [3.63, 3.8) is 0 Å². The summed E-state index contributed by atoms with van der Waals surface area (Å²) in [5.41, 5.74) is 4.87. The van der Waals surface area contributed by atoms with Gasteiger partial charge < -0.3 is 0 Å². The fourth-order valence-electron chi connectivity index (χ4n) is 4.16. The second-order valence-corrected chi connectivity index (χ2v) is 7.35. The average Bonchev–Trinajstić information content (AvgIpc) is 2.63. The molecule has 2 atom stereocenters. The minimum absolute atomic E-state index is 0.103. The van der Waals surface area contributed by atoms with Crippen LogP contribution in [-0.4, -0.2) is 5.78 Å². The van der Waals surface area contributed by atoms with Crippen LogP contribution in [0.25, 0.3) is 0 Å². The molecule has 2 aromatic rings. The van der Waals surface area contributed by atoms with Gasteiger partial charge in [-0.05, 0) is 61.3 Å². The topological polar surface area (TPSA) is 17.1 Å². The minimum atomic E-state index is 0.103. The number of benzene rings is 2. The summed E-state index contributed by atoms with van der Waals surface area (Å²) in [6.45, 7) is 0. The van der Waals surface area contributed by atoms with Crippen LogP contribution in [0.2, 0.25) is 5.02 Å². The zero-order chi connectivity index (χ0) is 16.5. The van der Waals surface area contributed by atoms with Crippen LogP contribution in [0.15, 0.2) is 60.2 Å². The smallest absolute Gasteiger partial charge is 0.170 e. The highest BCUT2D eigenvalue weighted by molar-refractivity contribution is 6.30. The molecular weight excluding hydrogens is 316 g/mol. The lowest BCUT2D eigenvalue weighted by Crippen LogP contribution is -2.25. The van der Waals surface area contributed by atoms with Crippen molar-refractivity contribution in [3.05, 3.63) is 81.9 Å². The van der Waals surface area contributed by atoms with Crippen molar-refractivity contribution in [2.45, 2.75) is 38.0 Å². The van der Waals surface area contributed by atoms with E-state index >= 15 is 0 Å². The third-order valence-electron chi connectivity index (χ3n) is 5.54. The Morgan fingerprint density at radius 2 is 1.71 bits per heavy atom. The number of hydrogen-bond donors (Lipinski definition) is 0. The van der Waals surface area contributed by atoms with Crippen molar-refractivity contribution in [3.8, 4) is 0 Å². The molecule has 2 aliphatic rings. The van der Waals surface area contributed by atoms with Crippen LogP contribution in [0, 0.1) is 5.92 Å². The highest BCUT2D eigenvalue weighted by Gasteiger charge is 2.31. The van der Waals surface area contributed by atoms with E-state index in [1.165, 1.54) is 16.7 Å². The Morgan fingerprint density at radius 1 is 0.917 bits per heavy atom. The van der Waals surface area contributed by atoms with E-state index in [2.05, 4.69) is 24.3 Å². The fourth-order valence-corrected chi connectivity index (χ4v) is 4.29. The molecule has 2 heteroatoms. The summed E-state index contributed by atoms with van der Waals surface area (Å²) in [4.78, 5) is 12.8. The van der Waals surface area contributed by atoms with E-state index in [0.29, 0.717) is 11.7 Å². The van der Waals surface area contributed by atoms with Gasteiger partial charge in [0.15, 0.2) is 5.78 Å². The van der Waals surface area contributed by atoms with E-state index < -0.39 is 0 Å². The highest BCUT2D eigenvalue weighted by atomic mass is 35.5. The molecule has 0 heterocycles. The Labute approximate surface area is 148 Å². The van der Waals surface area contributed by atoms with Crippen molar-refractivity contribution < 1.29 is 4.79 Å². The molecule has 0 radical (unpaired) electrons. The number of aryl methyl sites for hydroxylation is 1. The van der Waals surface area contributed by atoms with Gasteiger partial charge in [0.1, 0.15) is 0 Å². The standard InChI is InChI=1S/C22H21ClO/c23-19-12-9-16(10-13-19)15-5-7-18(8-6-15)21-14-11-17-3-1-2-4-20(17)22(21)24/h1-4,7,9-10,12-13,15,21H,5-6,8,11,14H2/t15-,21-/m0/s1. The predicted octanol–water partition coefficient (Wildman–Crippen LogP) is 5.98. The van der Waals surface area contributed by atoms with Gasteiger partial charge in [-0.1, -0.05) is 59.6 Å². The lowest BCUT2D eigenvalue weighted by atomic mass is 9.74. The number of allylic oxidation sites excluding steroid dienone is 2. The molecule has 2 aliphatic carbocycles. The van der Waals surface area contributed by atoms with Gasteiger partial charge in [0.05, 0.1) is 0 Å². The first-order valence-electron chi connectivity index (χ1n) is 8.79. The molecule has 0 aliphatic heterocycles. The number of hydrogen-bond acceptors (Lipinski definition) is 1. The first kappa shape index (κ1) is 15.7. The average molecular weight is 337 g/mol. The molecule has 0 saturated heterocycles. The number of carbonyl (C=O) groups is 1. The second kappa shape index (κ2) is 6.57. The largest absolute Gasteiger partial charge is 0.293 e. The molecule has 24 heavy (non-hydrogen) atoms. The summed E-state index contributed by atoms with van der Waals surface area (Å²) in [5, 5.41) is 0.789. The lowest BCUT2D eigenvalue weighted by molar-refractivity contribution is 0.0921. The monoisotopic (exact) mass is 336 g/mol. The molecule has 0 spiro atoms. The number of carbonyl (C=O) groups excluding carboxylic acids is 1. The van der Waals surface area contributed by atoms with Gasteiger partial charge in [-0.25, -0.2) is 0 Å². The van der Waals surface area contributed by atoms with Gasteiger partial charge in [-0.3, -0.25) is 4.79 Å². The summed E-state index contributed by atoms with van der Waals surface area (Å²) in [6.07, 6.45) is 7.50. The first-order chi connectivity index (χ1) is 11.7. The molecule has 122 valence electrons. The number of ketones is 1. The molecular formula is C22H21ClO. The summed E-state index contributed by atoms with van der Waals surface area (Å²) in [5.74, 6) is 0.983. The number of halogens is 1. The summed E-state index contributed by atoms with van der Waals surface area (Å²) >= 11 is 5.98. The molecule has 0 aromatic heterocycles. The van der Waals surface area contributed by atoms with Crippen molar-refractivity contribution in [2.24, 2.45) is 5.92 Å². The quantitative estimate of drug-likeness (QED) is 0.616. The molecule has 0 N–H and O–H groups in total. The van der Waals surface area contributed by atoms with Gasteiger partial charge in [-0.2, -0.15) is 0 Å². The van der Waals surface area contributed by atoms with Crippen LogP contribution in [0.4, 0.5) is 0 Å². The maximum absolute atomic E-state index is 12.8. The second-order valence-electron chi connectivity index (χ2n) is 6.91. The normalized spacial score (nSPS) is 23.5. The van der Waals surface area contributed by atoms with Crippen molar-refractivity contribution in [1.29, 1.82) is 0 Å². The summed E-state index contributed by atoms with van der Waals surface area (Å²) in [7, 11) is 0. The zero-order valence-corrected chi connectivity index (χ0v) is 14.4. The molecule has 0 saturated carbocycles. The molecule has 0 bridgehead atoms. The van der Waals surface area contributed by atoms with Crippen LogP contribution >= 0.6 is 11.6 Å². The third kappa shape index (κ3) is 2.93. The van der Waals surface area contributed by atoms with Gasteiger partial charge in [0.2, 0.25) is 0 Å². The maximum atomic E-state index is 12.8. The first-order valence-corrected chi connectivity index (χ1v) is 9.16. The Morgan fingerprint density at radius 3 is 2.46 bits per heavy atom. The molecule has 0 fully saturated rings. The Hall–Kier alpha value is -1.86. The SMILES string of the molecule is O=C1c2ccccc2CC[C@H]1C1=CC[C@H](c2ccc(Cl)cc2)CC1. The number of fused-ring (bicyclic) bond motifs is 1. The van der Waals surface area contributed by atoms with Crippen LogP contribution in [0.1, 0.15) is 53.1 Å².